The Morgan fingerprint density at radius 1 is 1.00 bits per heavy atom. The topological polar surface area (TPSA) is 37.4 Å². The molecular weight excluding hydrogens is 202 g/mol. The van der Waals surface area contributed by atoms with E-state index in [1.54, 1.807) is 7.05 Å². The molecule has 0 bridgehead atoms. The van der Waals surface area contributed by atoms with Gasteiger partial charge in [0.2, 0.25) is 11.8 Å². The smallest absolute Gasteiger partial charge is 0.233 e. The first-order valence-corrected chi connectivity index (χ1v) is 5.56. The maximum absolute atomic E-state index is 11.9. The van der Waals surface area contributed by atoms with Crippen molar-refractivity contribution >= 4 is 11.8 Å². The molecule has 16 heavy (non-hydrogen) atoms. The molecule has 1 fully saturated rings. The first-order valence-electron chi connectivity index (χ1n) is 5.56. The zero-order valence-corrected chi connectivity index (χ0v) is 9.14. The molecule has 1 aromatic rings. The number of carbonyl (C=O) groups is 2. The SMILES string of the molecule is CN1C(=O)[C@H]2Cc3ccccc3C[C@H]2C1=O. The monoisotopic (exact) mass is 215 g/mol. The predicted octanol–water partition coefficient (Wildman–Crippen LogP) is 1.02. The molecule has 0 unspecified atom stereocenters. The minimum absolute atomic E-state index is 0.00972. The summed E-state index contributed by atoms with van der Waals surface area (Å²) in [5.41, 5.74) is 2.44. The van der Waals surface area contributed by atoms with Crippen molar-refractivity contribution in [2.75, 3.05) is 7.05 Å². The molecule has 0 saturated carbocycles. The van der Waals surface area contributed by atoms with Crippen molar-refractivity contribution in [1.29, 1.82) is 0 Å². The minimum Gasteiger partial charge on any atom is -0.285 e. The molecule has 3 nitrogen and oxygen atoms in total. The molecule has 0 N–H and O–H groups in total. The Hall–Kier alpha value is -1.64. The van der Waals surface area contributed by atoms with E-state index in [1.807, 2.05) is 12.1 Å². The van der Waals surface area contributed by atoms with Crippen LogP contribution in [0.4, 0.5) is 0 Å². The summed E-state index contributed by atoms with van der Waals surface area (Å²) in [5, 5.41) is 0. The van der Waals surface area contributed by atoms with Crippen LogP contribution < -0.4 is 0 Å². The van der Waals surface area contributed by atoms with E-state index >= 15 is 0 Å². The Balaban J connectivity index is 2.03. The highest BCUT2D eigenvalue weighted by Gasteiger charge is 2.47. The Morgan fingerprint density at radius 2 is 1.44 bits per heavy atom. The van der Waals surface area contributed by atoms with Gasteiger partial charge >= 0.3 is 0 Å². The van der Waals surface area contributed by atoms with Crippen LogP contribution in [0.15, 0.2) is 24.3 Å². The lowest BCUT2D eigenvalue weighted by molar-refractivity contribution is -0.138. The average Bonchev–Trinajstić information content (AvgIpc) is 2.52. The van der Waals surface area contributed by atoms with E-state index in [4.69, 9.17) is 0 Å². The molecule has 1 heterocycles. The highest BCUT2D eigenvalue weighted by atomic mass is 16.2. The summed E-state index contributed by atoms with van der Waals surface area (Å²) in [6.07, 6.45) is 1.44. The summed E-state index contributed by atoms with van der Waals surface area (Å²) in [7, 11) is 1.59. The lowest BCUT2D eigenvalue weighted by atomic mass is 9.77. The third kappa shape index (κ3) is 1.14. The largest absolute Gasteiger partial charge is 0.285 e. The molecule has 2 atom stereocenters. The van der Waals surface area contributed by atoms with Gasteiger partial charge in [-0.3, -0.25) is 14.5 Å². The van der Waals surface area contributed by atoms with Gasteiger partial charge in [0.1, 0.15) is 0 Å². The summed E-state index contributed by atoms with van der Waals surface area (Å²) in [6, 6.07) is 8.09. The summed E-state index contributed by atoms with van der Waals surface area (Å²) >= 11 is 0. The Morgan fingerprint density at radius 3 is 1.88 bits per heavy atom. The van der Waals surface area contributed by atoms with E-state index < -0.39 is 0 Å². The zero-order valence-electron chi connectivity index (χ0n) is 9.14. The Labute approximate surface area is 94.1 Å². The van der Waals surface area contributed by atoms with E-state index in [-0.39, 0.29) is 23.7 Å². The lowest BCUT2D eigenvalue weighted by Crippen LogP contribution is -2.27. The molecule has 1 aliphatic heterocycles. The maximum atomic E-state index is 11.9. The molecule has 2 aliphatic rings. The Bertz CT molecular complexity index is 438. The molecule has 82 valence electrons. The number of benzene rings is 1. The van der Waals surface area contributed by atoms with Gasteiger partial charge in [0.25, 0.3) is 0 Å². The molecular formula is C13H13NO2. The van der Waals surface area contributed by atoms with Crippen LogP contribution in [-0.2, 0) is 22.4 Å². The van der Waals surface area contributed by atoms with Crippen LogP contribution in [0.1, 0.15) is 11.1 Å². The van der Waals surface area contributed by atoms with Gasteiger partial charge in [-0.25, -0.2) is 0 Å². The average molecular weight is 215 g/mol. The van der Waals surface area contributed by atoms with Gasteiger partial charge in [-0.05, 0) is 24.0 Å². The maximum Gasteiger partial charge on any atom is 0.233 e. The van der Waals surface area contributed by atoms with Crippen LogP contribution >= 0.6 is 0 Å². The van der Waals surface area contributed by atoms with Gasteiger partial charge < -0.3 is 0 Å². The van der Waals surface area contributed by atoms with Crippen LogP contribution in [0.2, 0.25) is 0 Å². The second kappa shape index (κ2) is 3.17. The van der Waals surface area contributed by atoms with Gasteiger partial charge in [-0.1, -0.05) is 24.3 Å². The van der Waals surface area contributed by atoms with Crippen molar-refractivity contribution < 1.29 is 9.59 Å². The minimum atomic E-state index is -0.118. The fraction of sp³-hybridized carbons (Fsp3) is 0.385. The fourth-order valence-corrected chi connectivity index (χ4v) is 2.84. The first-order chi connectivity index (χ1) is 7.68. The molecule has 2 amide bonds. The third-order valence-corrected chi connectivity index (χ3v) is 3.78. The number of imide groups is 1. The van der Waals surface area contributed by atoms with Crippen molar-refractivity contribution in [1.82, 2.24) is 4.90 Å². The normalized spacial score (nSPS) is 27.9. The zero-order chi connectivity index (χ0) is 11.3. The summed E-state index contributed by atoms with van der Waals surface area (Å²) in [5.74, 6) is -0.256. The number of fused-ring (bicyclic) bond motifs is 2. The second-order valence-electron chi connectivity index (χ2n) is 4.63. The van der Waals surface area contributed by atoms with Gasteiger partial charge in [0, 0.05) is 7.05 Å². The number of rotatable bonds is 0. The van der Waals surface area contributed by atoms with Gasteiger partial charge in [-0.15, -0.1) is 0 Å². The number of nitrogens with zero attached hydrogens (tertiary/aromatic N) is 1. The van der Waals surface area contributed by atoms with Crippen molar-refractivity contribution in [3.8, 4) is 0 Å². The van der Waals surface area contributed by atoms with E-state index in [1.165, 1.54) is 16.0 Å². The number of amides is 2. The standard InChI is InChI=1S/C13H13NO2/c1-14-12(15)10-6-8-4-2-3-5-9(8)7-11(10)13(14)16/h2-5,10-11H,6-7H2,1H3/t10-,11+. The number of hydrogen-bond acceptors (Lipinski definition) is 2. The van der Waals surface area contributed by atoms with Gasteiger partial charge in [0.05, 0.1) is 11.8 Å². The number of hydrogen-bond donors (Lipinski definition) is 0. The molecule has 0 aromatic heterocycles. The van der Waals surface area contributed by atoms with Crippen molar-refractivity contribution in [3.05, 3.63) is 35.4 Å². The van der Waals surface area contributed by atoms with E-state index in [9.17, 15) is 9.59 Å². The Kier molecular flexibility index (Phi) is 1.90. The number of carbonyl (C=O) groups excluding carboxylic acids is 2. The van der Waals surface area contributed by atoms with Crippen LogP contribution in [0.25, 0.3) is 0 Å². The number of likely N-dealkylation sites (tertiary alicyclic amines) is 1. The quantitative estimate of drug-likeness (QED) is 0.606. The van der Waals surface area contributed by atoms with Gasteiger partial charge in [0.15, 0.2) is 0 Å². The summed E-state index contributed by atoms with van der Waals surface area (Å²) < 4.78 is 0. The summed E-state index contributed by atoms with van der Waals surface area (Å²) in [4.78, 5) is 25.0. The fourth-order valence-electron chi connectivity index (χ4n) is 2.84. The van der Waals surface area contributed by atoms with Crippen LogP contribution in [0.3, 0.4) is 0 Å². The van der Waals surface area contributed by atoms with Crippen molar-refractivity contribution in [2.45, 2.75) is 12.8 Å². The molecule has 1 saturated heterocycles. The van der Waals surface area contributed by atoms with Gasteiger partial charge in [-0.2, -0.15) is 0 Å². The molecule has 1 aromatic carbocycles. The second-order valence-corrected chi connectivity index (χ2v) is 4.63. The first kappa shape index (κ1) is 9.58. The van der Waals surface area contributed by atoms with E-state index in [2.05, 4.69) is 12.1 Å². The van der Waals surface area contributed by atoms with Crippen molar-refractivity contribution in [2.24, 2.45) is 11.8 Å². The van der Waals surface area contributed by atoms with E-state index in [0.29, 0.717) is 0 Å². The van der Waals surface area contributed by atoms with Crippen molar-refractivity contribution in [3.63, 3.8) is 0 Å². The van der Waals surface area contributed by atoms with Crippen LogP contribution in [0.5, 0.6) is 0 Å². The van der Waals surface area contributed by atoms with Crippen LogP contribution in [-0.4, -0.2) is 23.8 Å². The molecule has 0 spiro atoms. The van der Waals surface area contributed by atoms with E-state index in [0.717, 1.165) is 12.8 Å². The molecule has 3 rings (SSSR count). The highest BCUT2D eigenvalue weighted by molar-refractivity contribution is 6.05. The molecule has 0 radical (unpaired) electrons. The predicted molar refractivity (Wildman–Crippen MR) is 58.6 cm³/mol. The summed E-state index contributed by atoms with van der Waals surface area (Å²) in [6.45, 7) is 0. The third-order valence-electron chi connectivity index (χ3n) is 3.78. The molecule has 1 aliphatic carbocycles. The molecule has 3 heteroatoms. The van der Waals surface area contributed by atoms with Crippen LogP contribution in [0, 0.1) is 11.8 Å². The lowest BCUT2D eigenvalue weighted by Gasteiger charge is -2.23. The highest BCUT2D eigenvalue weighted by Crippen LogP contribution is 2.36.